The van der Waals surface area contributed by atoms with Gasteiger partial charge in [-0.05, 0) is 45.1 Å². The second-order valence-electron chi connectivity index (χ2n) is 5.52. The molecule has 0 saturated heterocycles. The van der Waals surface area contributed by atoms with Crippen molar-refractivity contribution in [3.63, 3.8) is 0 Å². The number of unbranched alkanes of at least 4 members (excludes halogenated alkanes) is 1. The van der Waals surface area contributed by atoms with Crippen LogP contribution in [0.15, 0.2) is 23.1 Å². The van der Waals surface area contributed by atoms with E-state index in [4.69, 9.17) is 0 Å². The predicted octanol–water partition coefficient (Wildman–Crippen LogP) is 4.61. The largest absolute Gasteiger partial charge is 0.308 e. The van der Waals surface area contributed by atoms with E-state index in [0.717, 1.165) is 16.2 Å². The van der Waals surface area contributed by atoms with Crippen LogP contribution < -0.4 is 5.32 Å². The van der Waals surface area contributed by atoms with Crippen molar-refractivity contribution in [1.29, 1.82) is 0 Å². The minimum absolute atomic E-state index is 0.00758. The van der Waals surface area contributed by atoms with Crippen LogP contribution in [0.3, 0.4) is 0 Å². The SMILES string of the molecule is CCCCSc1cccc(F)c1CNC(C)(C)C. The number of halogens is 1. The Morgan fingerprint density at radius 1 is 1.28 bits per heavy atom. The topological polar surface area (TPSA) is 12.0 Å². The fourth-order valence-electron chi connectivity index (χ4n) is 1.53. The van der Waals surface area contributed by atoms with E-state index in [2.05, 4.69) is 33.0 Å². The Kier molecular flexibility index (Phi) is 6.16. The lowest BCUT2D eigenvalue weighted by Crippen LogP contribution is -2.35. The summed E-state index contributed by atoms with van der Waals surface area (Å²) in [6, 6.07) is 5.36. The van der Waals surface area contributed by atoms with Crippen molar-refractivity contribution in [1.82, 2.24) is 5.32 Å². The Labute approximate surface area is 115 Å². The molecule has 3 heteroatoms. The highest BCUT2D eigenvalue weighted by Crippen LogP contribution is 2.26. The van der Waals surface area contributed by atoms with Crippen molar-refractivity contribution in [3.8, 4) is 0 Å². The Morgan fingerprint density at radius 3 is 2.61 bits per heavy atom. The third-order valence-corrected chi connectivity index (χ3v) is 3.81. The molecule has 1 rings (SSSR count). The number of hydrogen-bond donors (Lipinski definition) is 1. The molecule has 0 aliphatic carbocycles. The third-order valence-electron chi connectivity index (χ3n) is 2.63. The third kappa shape index (κ3) is 5.40. The standard InChI is InChI=1S/C15H24FNS/c1-5-6-10-18-14-9-7-8-13(16)12(14)11-17-15(2,3)4/h7-9,17H,5-6,10-11H2,1-4H3. The summed E-state index contributed by atoms with van der Waals surface area (Å²) in [6.07, 6.45) is 2.35. The number of rotatable bonds is 6. The highest BCUT2D eigenvalue weighted by molar-refractivity contribution is 7.99. The lowest BCUT2D eigenvalue weighted by molar-refractivity contribution is 0.416. The summed E-state index contributed by atoms with van der Waals surface area (Å²) in [5.74, 6) is 0.955. The quantitative estimate of drug-likeness (QED) is 0.598. The molecule has 0 fully saturated rings. The van der Waals surface area contributed by atoms with Gasteiger partial charge in [-0.1, -0.05) is 19.4 Å². The average Bonchev–Trinajstić information content (AvgIpc) is 2.27. The van der Waals surface area contributed by atoms with Crippen LogP contribution in [0.1, 0.15) is 46.1 Å². The molecule has 0 aromatic heterocycles. The Hall–Kier alpha value is -0.540. The van der Waals surface area contributed by atoms with Crippen LogP contribution in [0.5, 0.6) is 0 Å². The van der Waals surface area contributed by atoms with Gasteiger partial charge in [0.1, 0.15) is 5.82 Å². The molecule has 0 heterocycles. The van der Waals surface area contributed by atoms with Gasteiger partial charge in [0.05, 0.1) is 0 Å². The summed E-state index contributed by atoms with van der Waals surface area (Å²) < 4.78 is 13.9. The minimum Gasteiger partial charge on any atom is -0.308 e. The van der Waals surface area contributed by atoms with Gasteiger partial charge in [-0.25, -0.2) is 4.39 Å². The van der Waals surface area contributed by atoms with E-state index < -0.39 is 0 Å². The lowest BCUT2D eigenvalue weighted by atomic mass is 10.1. The summed E-state index contributed by atoms with van der Waals surface area (Å²) in [6.45, 7) is 9.05. The summed E-state index contributed by atoms with van der Waals surface area (Å²) in [4.78, 5) is 1.07. The molecule has 1 aromatic rings. The van der Waals surface area contributed by atoms with Gasteiger partial charge in [-0.2, -0.15) is 0 Å². The molecule has 0 saturated carbocycles. The molecule has 0 radical (unpaired) electrons. The molecule has 1 N–H and O–H groups in total. The van der Waals surface area contributed by atoms with E-state index in [-0.39, 0.29) is 11.4 Å². The van der Waals surface area contributed by atoms with Crippen molar-refractivity contribution in [2.24, 2.45) is 0 Å². The van der Waals surface area contributed by atoms with Crippen molar-refractivity contribution >= 4 is 11.8 Å². The molecule has 0 aliphatic rings. The number of thioether (sulfide) groups is 1. The zero-order valence-electron chi connectivity index (χ0n) is 11.8. The lowest BCUT2D eigenvalue weighted by Gasteiger charge is -2.21. The van der Waals surface area contributed by atoms with Crippen LogP contribution in [0, 0.1) is 5.82 Å². The number of benzene rings is 1. The first-order chi connectivity index (χ1) is 8.44. The van der Waals surface area contributed by atoms with Crippen LogP contribution in [-0.2, 0) is 6.54 Å². The second kappa shape index (κ2) is 7.15. The molecule has 0 aliphatic heterocycles. The molecule has 102 valence electrons. The second-order valence-corrected chi connectivity index (χ2v) is 6.66. The van der Waals surface area contributed by atoms with E-state index in [1.807, 2.05) is 6.07 Å². The first kappa shape index (κ1) is 15.5. The highest BCUT2D eigenvalue weighted by Gasteiger charge is 2.13. The first-order valence-corrected chi connectivity index (χ1v) is 7.58. The van der Waals surface area contributed by atoms with E-state index >= 15 is 0 Å². The van der Waals surface area contributed by atoms with Gasteiger partial charge in [-0.15, -0.1) is 11.8 Å². The Balaban J connectivity index is 2.74. The first-order valence-electron chi connectivity index (χ1n) is 6.59. The zero-order chi connectivity index (χ0) is 13.6. The maximum absolute atomic E-state index is 13.9. The van der Waals surface area contributed by atoms with Crippen LogP contribution in [0.2, 0.25) is 0 Å². The molecule has 1 nitrogen and oxygen atoms in total. The molecule has 0 unspecified atom stereocenters. The molecule has 0 bridgehead atoms. The van der Waals surface area contributed by atoms with Gasteiger partial charge in [-0.3, -0.25) is 0 Å². The van der Waals surface area contributed by atoms with Crippen molar-refractivity contribution in [2.45, 2.75) is 57.5 Å². The van der Waals surface area contributed by atoms with Gasteiger partial charge in [0.2, 0.25) is 0 Å². The van der Waals surface area contributed by atoms with Gasteiger partial charge in [0.25, 0.3) is 0 Å². The molecule has 1 aromatic carbocycles. The predicted molar refractivity (Wildman–Crippen MR) is 78.6 cm³/mol. The van der Waals surface area contributed by atoms with Crippen LogP contribution >= 0.6 is 11.8 Å². The Bertz CT molecular complexity index is 371. The van der Waals surface area contributed by atoms with Gasteiger partial charge >= 0.3 is 0 Å². The summed E-state index contributed by atoms with van der Waals surface area (Å²) >= 11 is 1.76. The molecular weight excluding hydrogens is 245 g/mol. The molecule has 0 amide bonds. The Morgan fingerprint density at radius 2 is 2.00 bits per heavy atom. The summed E-state index contributed by atoms with van der Waals surface area (Å²) in [5, 5.41) is 3.36. The van der Waals surface area contributed by atoms with Gasteiger partial charge in [0.15, 0.2) is 0 Å². The molecular formula is C15H24FNS. The van der Waals surface area contributed by atoms with Gasteiger partial charge < -0.3 is 5.32 Å². The van der Waals surface area contributed by atoms with Crippen molar-refractivity contribution in [3.05, 3.63) is 29.6 Å². The number of hydrogen-bond acceptors (Lipinski definition) is 2. The van der Waals surface area contributed by atoms with E-state index in [0.29, 0.717) is 6.54 Å². The van der Waals surface area contributed by atoms with E-state index in [1.165, 1.54) is 12.8 Å². The molecule has 0 atom stereocenters. The summed E-state index contributed by atoms with van der Waals surface area (Å²) in [5.41, 5.74) is 0.807. The van der Waals surface area contributed by atoms with Gasteiger partial charge in [0, 0.05) is 22.5 Å². The smallest absolute Gasteiger partial charge is 0.128 e. The highest BCUT2D eigenvalue weighted by atomic mass is 32.2. The normalized spacial score (nSPS) is 11.8. The fourth-order valence-corrected chi connectivity index (χ4v) is 2.70. The maximum atomic E-state index is 13.9. The minimum atomic E-state index is -0.103. The van der Waals surface area contributed by atoms with E-state index in [1.54, 1.807) is 23.9 Å². The van der Waals surface area contributed by atoms with Crippen LogP contribution in [0.4, 0.5) is 4.39 Å². The van der Waals surface area contributed by atoms with E-state index in [9.17, 15) is 4.39 Å². The molecule has 18 heavy (non-hydrogen) atoms. The number of nitrogens with one attached hydrogen (secondary N) is 1. The molecule has 0 spiro atoms. The van der Waals surface area contributed by atoms with Crippen molar-refractivity contribution in [2.75, 3.05) is 5.75 Å². The van der Waals surface area contributed by atoms with Crippen molar-refractivity contribution < 1.29 is 4.39 Å². The zero-order valence-corrected chi connectivity index (χ0v) is 12.7. The van der Waals surface area contributed by atoms with Crippen LogP contribution in [-0.4, -0.2) is 11.3 Å². The average molecular weight is 269 g/mol. The fraction of sp³-hybridized carbons (Fsp3) is 0.600. The monoisotopic (exact) mass is 269 g/mol. The van der Waals surface area contributed by atoms with Crippen LogP contribution in [0.25, 0.3) is 0 Å². The summed E-state index contributed by atoms with van der Waals surface area (Å²) in [7, 11) is 0. The maximum Gasteiger partial charge on any atom is 0.128 e.